The summed E-state index contributed by atoms with van der Waals surface area (Å²) in [6.07, 6.45) is 4.08. The first-order valence-electron chi connectivity index (χ1n) is 6.09. The highest BCUT2D eigenvalue weighted by molar-refractivity contribution is 5.59. The van der Waals surface area contributed by atoms with Crippen LogP contribution in [0.1, 0.15) is 6.42 Å². The van der Waals surface area contributed by atoms with E-state index in [1.165, 1.54) is 0 Å². The summed E-state index contributed by atoms with van der Waals surface area (Å²) in [7, 11) is 1.68. The molecule has 0 fully saturated rings. The molecule has 5 heteroatoms. The van der Waals surface area contributed by atoms with Crippen molar-refractivity contribution in [2.75, 3.05) is 26.1 Å². The van der Waals surface area contributed by atoms with Crippen LogP contribution < -0.4 is 10.5 Å². The van der Waals surface area contributed by atoms with Crippen LogP contribution in [0, 0.1) is 0 Å². The molecular formula is C14H17N3O2. The normalized spacial score (nSPS) is 10.4. The molecule has 1 aromatic carbocycles. The number of anilines is 1. The zero-order valence-electron chi connectivity index (χ0n) is 10.9. The number of hydrogen-bond acceptors (Lipinski definition) is 5. The molecule has 0 saturated heterocycles. The van der Waals surface area contributed by atoms with Crippen molar-refractivity contribution in [3.05, 3.63) is 36.7 Å². The Morgan fingerprint density at radius 3 is 2.47 bits per heavy atom. The van der Waals surface area contributed by atoms with E-state index < -0.39 is 0 Å². The number of nitrogens with two attached hydrogens (primary N) is 1. The fourth-order valence-corrected chi connectivity index (χ4v) is 1.60. The van der Waals surface area contributed by atoms with Crippen LogP contribution in [0.25, 0.3) is 11.3 Å². The first-order chi connectivity index (χ1) is 9.29. The second-order valence-electron chi connectivity index (χ2n) is 4.05. The minimum atomic E-state index is 0.418. The first kappa shape index (κ1) is 13.3. The molecule has 0 aliphatic rings. The summed E-state index contributed by atoms with van der Waals surface area (Å²) < 4.78 is 10.5. The molecular weight excluding hydrogens is 242 g/mol. The molecule has 0 aliphatic heterocycles. The molecule has 5 nitrogen and oxygen atoms in total. The molecule has 1 heterocycles. The monoisotopic (exact) mass is 259 g/mol. The Morgan fingerprint density at radius 2 is 1.84 bits per heavy atom. The van der Waals surface area contributed by atoms with E-state index in [9.17, 15) is 0 Å². The Labute approximate surface area is 112 Å². The number of aromatic nitrogens is 2. The van der Waals surface area contributed by atoms with Crippen molar-refractivity contribution in [3.8, 4) is 17.0 Å². The van der Waals surface area contributed by atoms with Gasteiger partial charge in [0.15, 0.2) is 0 Å². The van der Waals surface area contributed by atoms with Gasteiger partial charge in [0.2, 0.25) is 0 Å². The summed E-state index contributed by atoms with van der Waals surface area (Å²) in [6, 6.07) is 7.73. The topological polar surface area (TPSA) is 70.3 Å². The fraction of sp³-hybridized carbons (Fsp3) is 0.286. The smallest absolute Gasteiger partial charge is 0.141 e. The lowest BCUT2D eigenvalue weighted by atomic mass is 10.1. The Kier molecular flexibility index (Phi) is 4.69. The highest BCUT2D eigenvalue weighted by Gasteiger charge is 2.00. The predicted molar refractivity (Wildman–Crippen MR) is 73.9 cm³/mol. The Hall–Kier alpha value is -2.14. The molecule has 0 amide bonds. The highest BCUT2D eigenvalue weighted by Crippen LogP contribution is 2.20. The van der Waals surface area contributed by atoms with Crippen molar-refractivity contribution in [1.29, 1.82) is 0 Å². The van der Waals surface area contributed by atoms with Crippen molar-refractivity contribution in [2.45, 2.75) is 6.42 Å². The van der Waals surface area contributed by atoms with Gasteiger partial charge in [-0.15, -0.1) is 0 Å². The van der Waals surface area contributed by atoms with Crippen molar-refractivity contribution < 1.29 is 9.47 Å². The number of rotatable bonds is 6. The third-order valence-electron chi connectivity index (χ3n) is 2.58. The van der Waals surface area contributed by atoms with Crippen LogP contribution in [0.4, 0.5) is 5.82 Å². The highest BCUT2D eigenvalue weighted by atomic mass is 16.5. The van der Waals surface area contributed by atoms with Gasteiger partial charge in [-0.3, -0.25) is 4.98 Å². The second-order valence-corrected chi connectivity index (χ2v) is 4.05. The number of hydrogen-bond donors (Lipinski definition) is 1. The summed E-state index contributed by atoms with van der Waals surface area (Å²) in [5.41, 5.74) is 7.28. The molecule has 19 heavy (non-hydrogen) atoms. The van der Waals surface area contributed by atoms with Gasteiger partial charge in [-0.25, -0.2) is 4.98 Å². The van der Waals surface area contributed by atoms with Crippen LogP contribution in [0.15, 0.2) is 36.7 Å². The van der Waals surface area contributed by atoms with E-state index in [0.717, 1.165) is 23.4 Å². The van der Waals surface area contributed by atoms with Gasteiger partial charge in [-0.1, -0.05) is 0 Å². The molecule has 2 N–H and O–H groups in total. The Bertz CT molecular complexity index is 497. The van der Waals surface area contributed by atoms with E-state index in [1.54, 1.807) is 19.5 Å². The molecule has 0 bridgehead atoms. The molecule has 0 saturated carbocycles. The first-order valence-corrected chi connectivity index (χ1v) is 6.09. The van der Waals surface area contributed by atoms with Crippen molar-refractivity contribution in [3.63, 3.8) is 0 Å². The average Bonchev–Trinajstić information content (AvgIpc) is 2.45. The largest absolute Gasteiger partial charge is 0.494 e. The SMILES string of the molecule is COCCCOc1ccc(-c2cnc(N)cn2)cc1. The lowest BCUT2D eigenvalue weighted by Crippen LogP contribution is -2.01. The molecule has 0 radical (unpaired) electrons. The predicted octanol–water partition coefficient (Wildman–Crippen LogP) is 2.14. The number of nitrogen functional groups attached to an aromatic ring is 1. The standard InChI is InChI=1S/C14H17N3O2/c1-18-7-2-8-19-12-5-3-11(4-6-12)13-9-17-14(15)10-16-13/h3-6,9-10H,2,7-8H2,1H3,(H2,15,17). The van der Waals surface area contributed by atoms with Gasteiger partial charge < -0.3 is 15.2 Å². The number of benzene rings is 1. The average molecular weight is 259 g/mol. The fourth-order valence-electron chi connectivity index (χ4n) is 1.60. The molecule has 1 aromatic heterocycles. The third-order valence-corrected chi connectivity index (χ3v) is 2.58. The Morgan fingerprint density at radius 1 is 1.05 bits per heavy atom. The third kappa shape index (κ3) is 3.93. The van der Waals surface area contributed by atoms with E-state index in [1.807, 2.05) is 24.3 Å². The molecule has 0 atom stereocenters. The van der Waals surface area contributed by atoms with Gasteiger partial charge in [0.05, 0.1) is 24.7 Å². The summed E-state index contributed by atoms with van der Waals surface area (Å²) >= 11 is 0. The van der Waals surface area contributed by atoms with Crippen LogP contribution >= 0.6 is 0 Å². The maximum Gasteiger partial charge on any atom is 0.141 e. The van der Waals surface area contributed by atoms with Crippen LogP contribution in [-0.4, -0.2) is 30.3 Å². The minimum absolute atomic E-state index is 0.418. The van der Waals surface area contributed by atoms with E-state index >= 15 is 0 Å². The zero-order chi connectivity index (χ0) is 13.5. The molecule has 0 spiro atoms. The maximum atomic E-state index is 5.58. The molecule has 100 valence electrons. The van der Waals surface area contributed by atoms with Crippen molar-refractivity contribution in [2.24, 2.45) is 0 Å². The lowest BCUT2D eigenvalue weighted by Gasteiger charge is -2.06. The van der Waals surface area contributed by atoms with Gasteiger partial charge in [0.25, 0.3) is 0 Å². The number of methoxy groups -OCH3 is 1. The van der Waals surface area contributed by atoms with E-state index in [0.29, 0.717) is 19.0 Å². The minimum Gasteiger partial charge on any atom is -0.494 e. The number of nitrogens with zero attached hydrogens (tertiary/aromatic N) is 2. The van der Waals surface area contributed by atoms with E-state index in [-0.39, 0.29) is 0 Å². The molecule has 0 aliphatic carbocycles. The maximum absolute atomic E-state index is 5.58. The van der Waals surface area contributed by atoms with Gasteiger partial charge in [-0.2, -0.15) is 0 Å². The number of ether oxygens (including phenoxy) is 2. The van der Waals surface area contributed by atoms with Gasteiger partial charge in [-0.05, 0) is 24.3 Å². The second kappa shape index (κ2) is 6.70. The van der Waals surface area contributed by atoms with Crippen LogP contribution in [0.3, 0.4) is 0 Å². The van der Waals surface area contributed by atoms with Gasteiger partial charge >= 0.3 is 0 Å². The van der Waals surface area contributed by atoms with Crippen molar-refractivity contribution >= 4 is 5.82 Å². The Balaban J connectivity index is 1.96. The van der Waals surface area contributed by atoms with Crippen LogP contribution in [0.2, 0.25) is 0 Å². The lowest BCUT2D eigenvalue weighted by molar-refractivity contribution is 0.172. The van der Waals surface area contributed by atoms with Crippen LogP contribution in [-0.2, 0) is 4.74 Å². The molecule has 0 unspecified atom stereocenters. The van der Waals surface area contributed by atoms with E-state index in [4.69, 9.17) is 15.2 Å². The van der Waals surface area contributed by atoms with E-state index in [2.05, 4.69) is 9.97 Å². The van der Waals surface area contributed by atoms with Gasteiger partial charge in [0, 0.05) is 25.7 Å². The quantitative estimate of drug-likeness (QED) is 0.805. The summed E-state index contributed by atoms with van der Waals surface area (Å²) in [5, 5.41) is 0. The van der Waals surface area contributed by atoms with Crippen LogP contribution in [0.5, 0.6) is 5.75 Å². The summed E-state index contributed by atoms with van der Waals surface area (Å²) in [4.78, 5) is 8.24. The summed E-state index contributed by atoms with van der Waals surface area (Å²) in [5.74, 6) is 1.25. The molecule has 2 rings (SSSR count). The summed E-state index contributed by atoms with van der Waals surface area (Å²) in [6.45, 7) is 1.36. The van der Waals surface area contributed by atoms with Crippen molar-refractivity contribution in [1.82, 2.24) is 9.97 Å². The van der Waals surface area contributed by atoms with Gasteiger partial charge in [0.1, 0.15) is 11.6 Å². The molecule has 2 aromatic rings. The zero-order valence-corrected chi connectivity index (χ0v) is 10.9.